The van der Waals surface area contributed by atoms with Gasteiger partial charge < -0.3 is 23.8 Å². The third kappa shape index (κ3) is 5.65. The van der Waals surface area contributed by atoms with Crippen LogP contribution in [0, 0.1) is 47.0 Å². The number of carbonyl (C=O) groups is 1. The molecule has 0 fully saturated rings. The van der Waals surface area contributed by atoms with E-state index in [9.17, 15) is 4.79 Å². The van der Waals surface area contributed by atoms with Crippen molar-refractivity contribution in [2.45, 2.75) is 68.2 Å². The zero-order chi connectivity index (χ0) is 29.4. The first-order chi connectivity index (χ1) is 18.9. The molecule has 0 N–H and O–H groups in total. The Morgan fingerprint density at radius 1 is 0.675 bits per heavy atom. The lowest BCUT2D eigenvalue weighted by molar-refractivity contribution is 0.0874. The molecule has 0 unspecified atom stereocenters. The summed E-state index contributed by atoms with van der Waals surface area (Å²) in [5.41, 5.74) is 2.93. The van der Waals surface area contributed by atoms with Crippen molar-refractivity contribution in [2.75, 3.05) is 33.5 Å². The van der Waals surface area contributed by atoms with E-state index < -0.39 is 0 Å². The number of carbonyl (C=O) groups excluding carboxylic acids is 1. The number of thiophene rings is 3. The molecule has 0 spiro atoms. The summed E-state index contributed by atoms with van der Waals surface area (Å²) in [6.07, 6.45) is 2.21. The lowest BCUT2D eigenvalue weighted by Gasteiger charge is -2.28. The average Bonchev–Trinajstić information content (AvgIpc) is 3.52. The molecule has 1 amide bonds. The summed E-state index contributed by atoms with van der Waals surface area (Å²) < 4.78 is 22.9. The van der Waals surface area contributed by atoms with Crippen LogP contribution in [0.25, 0.3) is 5.70 Å². The Hall–Kier alpha value is -2.49. The van der Waals surface area contributed by atoms with Crippen LogP contribution in [-0.4, -0.2) is 44.3 Å². The highest BCUT2D eigenvalue weighted by Gasteiger charge is 2.34. The molecular formula is C31H41NO5S3. The maximum atomic E-state index is 11.7. The van der Waals surface area contributed by atoms with Crippen molar-refractivity contribution in [1.82, 2.24) is 4.90 Å². The Balaban J connectivity index is 0.000000141. The number of hydrogen-bond acceptors (Lipinski definition) is 8. The van der Waals surface area contributed by atoms with Crippen LogP contribution in [0.1, 0.15) is 71.9 Å². The summed E-state index contributed by atoms with van der Waals surface area (Å²) >= 11 is 5.17. The van der Waals surface area contributed by atoms with Crippen LogP contribution in [0.2, 0.25) is 0 Å². The maximum absolute atomic E-state index is 11.7. The van der Waals surface area contributed by atoms with E-state index in [-0.39, 0.29) is 11.3 Å². The summed E-state index contributed by atoms with van der Waals surface area (Å²) in [6.45, 7) is 23.6. The molecule has 6 rings (SSSR count). The number of aryl methyl sites for hydroxylation is 6. The van der Waals surface area contributed by atoms with Crippen LogP contribution in [0.4, 0.5) is 0 Å². The standard InChI is InChI=1S/C13H20O2S.C10H11NOS.C8H10O2S/c1-5-13(6-2)7-14-11-9(3)16-10(4)12(11)15-8-13;1-5-8-6(2)13-7(3)9(8)10(12)11(5)4;1-5-7-8(6(2)11-5)10-4-3-9-7/h5-8H2,1-4H3;1H2,2-4H3;3-4H2,1-2H3. The number of hydrogen-bond donors (Lipinski definition) is 0. The summed E-state index contributed by atoms with van der Waals surface area (Å²) in [4.78, 5) is 20.5. The highest BCUT2D eigenvalue weighted by molar-refractivity contribution is 7.13. The fourth-order valence-corrected chi connectivity index (χ4v) is 8.11. The molecule has 6 heterocycles. The topological polar surface area (TPSA) is 57.2 Å². The van der Waals surface area contributed by atoms with Gasteiger partial charge >= 0.3 is 0 Å². The smallest absolute Gasteiger partial charge is 0.259 e. The highest BCUT2D eigenvalue weighted by Crippen LogP contribution is 2.46. The van der Waals surface area contributed by atoms with Crippen molar-refractivity contribution in [1.29, 1.82) is 0 Å². The molecular weight excluding hydrogens is 563 g/mol. The number of nitrogens with zero attached hydrogens (tertiary/aromatic N) is 1. The van der Waals surface area contributed by atoms with Gasteiger partial charge in [0, 0.05) is 53.0 Å². The zero-order valence-electron chi connectivity index (χ0n) is 25.2. The van der Waals surface area contributed by atoms with Crippen LogP contribution in [0.15, 0.2) is 6.58 Å². The molecule has 218 valence electrons. The van der Waals surface area contributed by atoms with E-state index in [1.807, 2.05) is 13.8 Å². The highest BCUT2D eigenvalue weighted by atomic mass is 32.1. The summed E-state index contributed by atoms with van der Waals surface area (Å²) in [5, 5.41) is 0. The number of fused-ring (bicyclic) bond motifs is 3. The van der Waals surface area contributed by atoms with Gasteiger partial charge in [-0.05, 0) is 54.4 Å². The third-order valence-corrected chi connectivity index (χ3v) is 10.9. The second kappa shape index (κ2) is 12.2. The van der Waals surface area contributed by atoms with Gasteiger partial charge in [-0.3, -0.25) is 4.79 Å². The first-order valence-corrected chi connectivity index (χ1v) is 16.2. The van der Waals surface area contributed by atoms with Gasteiger partial charge in [0.1, 0.15) is 13.2 Å². The Bertz CT molecular complexity index is 1320. The van der Waals surface area contributed by atoms with Gasteiger partial charge in [0.05, 0.1) is 18.8 Å². The van der Waals surface area contributed by atoms with Crippen molar-refractivity contribution in [3.8, 4) is 23.0 Å². The Kier molecular flexibility index (Phi) is 9.27. The average molecular weight is 604 g/mol. The van der Waals surface area contributed by atoms with Gasteiger partial charge in [-0.2, -0.15) is 0 Å². The first-order valence-electron chi connectivity index (χ1n) is 13.7. The van der Waals surface area contributed by atoms with Crippen molar-refractivity contribution in [3.63, 3.8) is 0 Å². The molecule has 9 heteroatoms. The lowest BCUT2D eigenvalue weighted by Crippen LogP contribution is -2.32. The minimum Gasteiger partial charge on any atom is -0.488 e. The normalized spacial score (nSPS) is 16.5. The monoisotopic (exact) mass is 603 g/mol. The molecule has 0 atom stereocenters. The van der Waals surface area contributed by atoms with Gasteiger partial charge in [-0.25, -0.2) is 0 Å². The fraction of sp³-hybridized carbons (Fsp3) is 0.516. The quantitative estimate of drug-likeness (QED) is 0.294. The number of ether oxygens (including phenoxy) is 4. The van der Waals surface area contributed by atoms with Gasteiger partial charge in [0.25, 0.3) is 5.91 Å². The largest absolute Gasteiger partial charge is 0.488 e. The van der Waals surface area contributed by atoms with Crippen molar-refractivity contribution in [2.24, 2.45) is 5.41 Å². The van der Waals surface area contributed by atoms with E-state index in [2.05, 4.69) is 48.1 Å². The molecule has 3 aromatic heterocycles. The molecule has 0 aliphatic carbocycles. The second-order valence-electron chi connectivity index (χ2n) is 10.5. The number of rotatable bonds is 2. The molecule has 3 aliphatic rings. The maximum Gasteiger partial charge on any atom is 0.259 e. The summed E-state index contributed by atoms with van der Waals surface area (Å²) in [6, 6.07) is 0. The molecule has 3 aliphatic heterocycles. The minimum absolute atomic E-state index is 0.0850. The molecule has 0 saturated carbocycles. The predicted molar refractivity (Wildman–Crippen MR) is 168 cm³/mol. The minimum atomic E-state index is 0.0850. The van der Waals surface area contributed by atoms with E-state index in [1.165, 1.54) is 24.4 Å². The summed E-state index contributed by atoms with van der Waals surface area (Å²) in [5.74, 6) is 3.96. The van der Waals surface area contributed by atoms with E-state index in [4.69, 9.17) is 18.9 Å². The first kappa shape index (κ1) is 30.5. The van der Waals surface area contributed by atoms with Crippen LogP contribution < -0.4 is 18.9 Å². The van der Waals surface area contributed by atoms with Crippen LogP contribution in [-0.2, 0) is 0 Å². The van der Waals surface area contributed by atoms with E-state index in [1.54, 1.807) is 46.0 Å². The van der Waals surface area contributed by atoms with Gasteiger partial charge in [-0.1, -0.05) is 20.4 Å². The Morgan fingerprint density at radius 3 is 1.45 bits per heavy atom. The van der Waals surface area contributed by atoms with Crippen LogP contribution in [0.3, 0.4) is 0 Å². The van der Waals surface area contributed by atoms with Gasteiger partial charge in [0.2, 0.25) is 0 Å². The van der Waals surface area contributed by atoms with E-state index >= 15 is 0 Å². The molecule has 3 aromatic rings. The van der Waals surface area contributed by atoms with Crippen LogP contribution in [0.5, 0.6) is 23.0 Å². The number of amides is 1. The Labute approximate surface area is 250 Å². The van der Waals surface area contributed by atoms with E-state index in [0.29, 0.717) is 13.2 Å². The SMILES string of the molecule is C=C1c2c(C)sc(C)c2C(=O)N1C.CCC1(CC)COc2c(C)sc(C)c2OC1.Cc1sc(C)c2c1OCCO2. The van der Waals surface area contributed by atoms with Gasteiger partial charge in [-0.15, -0.1) is 34.0 Å². The van der Waals surface area contributed by atoms with Crippen molar-refractivity contribution >= 4 is 45.6 Å². The van der Waals surface area contributed by atoms with Crippen molar-refractivity contribution < 1.29 is 23.7 Å². The summed E-state index contributed by atoms with van der Waals surface area (Å²) in [7, 11) is 1.77. The van der Waals surface area contributed by atoms with Gasteiger partial charge in [0.15, 0.2) is 23.0 Å². The molecule has 6 nitrogen and oxygen atoms in total. The predicted octanol–water partition coefficient (Wildman–Crippen LogP) is 8.50. The molecule has 40 heavy (non-hydrogen) atoms. The zero-order valence-corrected chi connectivity index (χ0v) is 27.6. The second-order valence-corrected chi connectivity index (χ2v) is 14.8. The van der Waals surface area contributed by atoms with Crippen LogP contribution >= 0.6 is 34.0 Å². The third-order valence-electron chi connectivity index (χ3n) is 7.90. The molecule has 0 bridgehead atoms. The molecule has 0 radical (unpaired) electrons. The van der Waals surface area contributed by atoms with Crippen molar-refractivity contribution in [3.05, 3.63) is 47.0 Å². The Morgan fingerprint density at radius 2 is 1.05 bits per heavy atom. The molecule has 0 saturated heterocycles. The lowest BCUT2D eigenvalue weighted by atomic mass is 9.84. The van der Waals surface area contributed by atoms with E-state index in [0.717, 1.165) is 70.8 Å². The molecule has 0 aromatic carbocycles. The fourth-order valence-electron chi connectivity index (χ4n) is 5.14.